The molecule has 172 valence electrons. The second kappa shape index (κ2) is 14.2. The van der Waals surface area contributed by atoms with E-state index in [-0.39, 0.29) is 35.8 Å². The Labute approximate surface area is 199 Å². The number of ether oxygens (including phenoxy) is 1. The molecule has 0 spiro atoms. The van der Waals surface area contributed by atoms with Crippen LogP contribution in [0.25, 0.3) is 0 Å². The van der Waals surface area contributed by atoms with Crippen LogP contribution < -0.4 is 10.6 Å². The number of halogens is 1. The van der Waals surface area contributed by atoms with Crippen molar-refractivity contribution >= 4 is 39.8 Å². The maximum atomic E-state index is 12.3. The minimum Gasteiger partial charge on any atom is -0.374 e. The molecule has 2 rings (SSSR count). The average molecular weight is 553 g/mol. The summed E-state index contributed by atoms with van der Waals surface area (Å²) < 4.78 is 30.5. The van der Waals surface area contributed by atoms with Crippen molar-refractivity contribution in [1.29, 1.82) is 0 Å². The summed E-state index contributed by atoms with van der Waals surface area (Å²) in [4.78, 5) is 7.45. The summed E-state index contributed by atoms with van der Waals surface area (Å²) in [6.45, 7) is 12.1. The smallest absolute Gasteiger partial charge is 0.191 e. The fourth-order valence-electron chi connectivity index (χ4n) is 3.32. The Hall–Kier alpha value is -0.910. The molecule has 0 aromatic heterocycles. The summed E-state index contributed by atoms with van der Waals surface area (Å²) in [7, 11) is -3.24. The van der Waals surface area contributed by atoms with Crippen molar-refractivity contribution in [3.05, 3.63) is 30.3 Å². The molecule has 0 amide bonds. The Morgan fingerprint density at radius 2 is 2.00 bits per heavy atom. The van der Waals surface area contributed by atoms with Crippen LogP contribution in [0, 0.1) is 5.92 Å². The van der Waals surface area contributed by atoms with Gasteiger partial charge in [0, 0.05) is 32.7 Å². The first-order valence-corrected chi connectivity index (χ1v) is 12.2. The molecule has 9 heteroatoms. The summed E-state index contributed by atoms with van der Waals surface area (Å²) in [5.74, 6) is 1.46. The van der Waals surface area contributed by atoms with Crippen molar-refractivity contribution in [2.45, 2.75) is 38.2 Å². The minimum absolute atomic E-state index is 0. The molecular weight excluding hydrogens is 515 g/mol. The molecule has 1 saturated heterocycles. The highest BCUT2D eigenvalue weighted by molar-refractivity contribution is 14.0. The fourth-order valence-corrected chi connectivity index (χ4v) is 4.65. The topological polar surface area (TPSA) is 83.0 Å². The van der Waals surface area contributed by atoms with E-state index >= 15 is 0 Å². The number of hydrogen-bond donors (Lipinski definition) is 2. The van der Waals surface area contributed by atoms with Gasteiger partial charge < -0.3 is 15.4 Å². The van der Waals surface area contributed by atoms with Crippen LogP contribution in [0.5, 0.6) is 0 Å². The molecule has 0 radical (unpaired) electrons. The van der Waals surface area contributed by atoms with E-state index in [1.807, 2.05) is 13.0 Å². The molecule has 0 bridgehead atoms. The number of morpholine rings is 1. The summed E-state index contributed by atoms with van der Waals surface area (Å²) in [5, 5.41) is 6.45. The second-order valence-corrected chi connectivity index (χ2v) is 9.89. The molecular formula is C21H37IN4O3S. The Morgan fingerprint density at radius 3 is 2.67 bits per heavy atom. The van der Waals surface area contributed by atoms with E-state index in [0.29, 0.717) is 36.3 Å². The molecule has 1 aliphatic rings. The first-order valence-electron chi connectivity index (χ1n) is 10.5. The molecule has 1 unspecified atom stereocenters. The largest absolute Gasteiger partial charge is 0.374 e. The number of aliphatic imine (C=N–C) groups is 1. The van der Waals surface area contributed by atoms with Gasteiger partial charge in [-0.1, -0.05) is 32.0 Å². The standard InChI is InChI=1S/C21H36N4O3S.HI/c1-4-22-21(24-15-19-17-25(12-13-28-19)16-18(2)3)23-11-8-14-29(26,27)20-9-6-5-7-10-20;/h5-7,9-10,18-19H,4,8,11-17H2,1-3H3,(H2,22,23,24);1H. The van der Waals surface area contributed by atoms with Crippen LogP contribution in [0.3, 0.4) is 0 Å². The molecule has 2 N–H and O–H groups in total. The number of sulfone groups is 1. The van der Waals surface area contributed by atoms with E-state index in [1.54, 1.807) is 24.3 Å². The van der Waals surface area contributed by atoms with Gasteiger partial charge >= 0.3 is 0 Å². The van der Waals surface area contributed by atoms with E-state index in [0.717, 1.165) is 32.8 Å². The van der Waals surface area contributed by atoms with Crippen molar-refractivity contribution < 1.29 is 13.2 Å². The average Bonchev–Trinajstić information content (AvgIpc) is 2.70. The summed E-state index contributed by atoms with van der Waals surface area (Å²) in [5.41, 5.74) is 0. The lowest BCUT2D eigenvalue weighted by molar-refractivity contribution is -0.0261. The van der Waals surface area contributed by atoms with Crippen molar-refractivity contribution in [2.75, 3.05) is 51.6 Å². The number of hydrogen-bond acceptors (Lipinski definition) is 5. The van der Waals surface area contributed by atoms with E-state index in [2.05, 4.69) is 34.4 Å². The summed E-state index contributed by atoms with van der Waals surface area (Å²) in [6, 6.07) is 8.59. The Morgan fingerprint density at radius 1 is 1.27 bits per heavy atom. The quantitative estimate of drug-likeness (QED) is 0.201. The number of benzene rings is 1. The molecule has 1 atom stereocenters. The monoisotopic (exact) mass is 552 g/mol. The lowest BCUT2D eigenvalue weighted by Gasteiger charge is -2.33. The highest BCUT2D eigenvalue weighted by atomic mass is 127. The highest BCUT2D eigenvalue weighted by Gasteiger charge is 2.20. The highest BCUT2D eigenvalue weighted by Crippen LogP contribution is 2.11. The molecule has 0 saturated carbocycles. The molecule has 1 aromatic rings. The van der Waals surface area contributed by atoms with Crippen molar-refractivity contribution in [3.63, 3.8) is 0 Å². The van der Waals surface area contributed by atoms with Crippen LogP contribution in [-0.4, -0.2) is 77.0 Å². The van der Waals surface area contributed by atoms with Gasteiger partial charge in [0.15, 0.2) is 15.8 Å². The third kappa shape index (κ3) is 9.93. The third-order valence-corrected chi connectivity index (χ3v) is 6.44. The zero-order valence-corrected chi connectivity index (χ0v) is 21.5. The molecule has 30 heavy (non-hydrogen) atoms. The van der Waals surface area contributed by atoms with Crippen molar-refractivity contribution in [1.82, 2.24) is 15.5 Å². The van der Waals surface area contributed by atoms with Gasteiger partial charge in [-0.2, -0.15) is 0 Å². The lowest BCUT2D eigenvalue weighted by Crippen LogP contribution is -2.46. The van der Waals surface area contributed by atoms with Crippen LogP contribution in [0.1, 0.15) is 27.2 Å². The molecule has 1 heterocycles. The van der Waals surface area contributed by atoms with Crippen LogP contribution >= 0.6 is 24.0 Å². The first-order chi connectivity index (χ1) is 13.9. The van der Waals surface area contributed by atoms with E-state index in [4.69, 9.17) is 4.74 Å². The first kappa shape index (κ1) is 27.1. The van der Waals surface area contributed by atoms with Crippen LogP contribution in [0.4, 0.5) is 0 Å². The van der Waals surface area contributed by atoms with Gasteiger partial charge in [0.2, 0.25) is 0 Å². The van der Waals surface area contributed by atoms with E-state index in [9.17, 15) is 8.42 Å². The predicted octanol–water partition coefficient (Wildman–Crippen LogP) is 2.38. The number of nitrogens with zero attached hydrogens (tertiary/aromatic N) is 2. The van der Waals surface area contributed by atoms with Crippen molar-refractivity contribution in [2.24, 2.45) is 10.9 Å². The number of guanidine groups is 1. The molecule has 1 aliphatic heterocycles. The van der Waals surface area contributed by atoms with Crippen LogP contribution in [0.2, 0.25) is 0 Å². The second-order valence-electron chi connectivity index (χ2n) is 7.78. The minimum atomic E-state index is -3.24. The van der Waals surface area contributed by atoms with E-state index < -0.39 is 9.84 Å². The van der Waals surface area contributed by atoms with Crippen LogP contribution in [-0.2, 0) is 14.6 Å². The SMILES string of the molecule is CCNC(=NCC1CN(CC(C)C)CCO1)NCCCS(=O)(=O)c1ccccc1.I. The van der Waals surface area contributed by atoms with Gasteiger partial charge in [0.1, 0.15) is 0 Å². The molecule has 7 nitrogen and oxygen atoms in total. The maximum absolute atomic E-state index is 12.3. The van der Waals surface area contributed by atoms with Gasteiger partial charge in [-0.15, -0.1) is 24.0 Å². The Balaban J connectivity index is 0.00000450. The van der Waals surface area contributed by atoms with Gasteiger partial charge in [0.25, 0.3) is 0 Å². The lowest BCUT2D eigenvalue weighted by atomic mass is 10.2. The number of nitrogens with one attached hydrogen (secondary N) is 2. The maximum Gasteiger partial charge on any atom is 0.191 e. The van der Waals surface area contributed by atoms with E-state index in [1.165, 1.54) is 0 Å². The van der Waals surface area contributed by atoms with Crippen molar-refractivity contribution in [3.8, 4) is 0 Å². The zero-order valence-electron chi connectivity index (χ0n) is 18.3. The summed E-state index contributed by atoms with van der Waals surface area (Å²) in [6.07, 6.45) is 0.611. The Bertz CT molecular complexity index is 729. The third-order valence-electron chi connectivity index (χ3n) is 4.63. The zero-order chi connectivity index (χ0) is 21.1. The number of rotatable bonds is 10. The van der Waals surface area contributed by atoms with Gasteiger partial charge in [-0.3, -0.25) is 9.89 Å². The summed E-state index contributed by atoms with van der Waals surface area (Å²) >= 11 is 0. The fraction of sp³-hybridized carbons (Fsp3) is 0.667. The molecule has 1 aromatic carbocycles. The van der Waals surface area contributed by atoms with Gasteiger partial charge in [0.05, 0.1) is 29.9 Å². The van der Waals surface area contributed by atoms with Crippen LogP contribution in [0.15, 0.2) is 40.2 Å². The normalized spacial score (nSPS) is 18.1. The Kier molecular flexibility index (Phi) is 12.8. The van der Waals surface area contributed by atoms with Gasteiger partial charge in [-0.25, -0.2) is 8.42 Å². The molecule has 0 aliphatic carbocycles. The molecule has 1 fully saturated rings. The van der Waals surface area contributed by atoms with Gasteiger partial charge in [-0.05, 0) is 31.4 Å². The predicted molar refractivity (Wildman–Crippen MR) is 134 cm³/mol.